The van der Waals surface area contributed by atoms with Crippen LogP contribution in [0.1, 0.15) is 6.23 Å². The highest BCUT2D eigenvalue weighted by atomic mass is 31.2. The van der Waals surface area contributed by atoms with Crippen LogP contribution in [0.15, 0.2) is 24.3 Å². The van der Waals surface area contributed by atoms with Crippen LogP contribution in [0.25, 0.3) is 11.0 Å². The summed E-state index contributed by atoms with van der Waals surface area (Å²) in [7, 11) is -4.13. The zero-order chi connectivity index (χ0) is 14.6. The molecule has 120 valence electrons. The van der Waals surface area contributed by atoms with Crippen LogP contribution in [0.2, 0.25) is 0 Å². The lowest BCUT2D eigenvalue weighted by Crippen LogP contribution is -2.39. The Bertz CT molecular complexity index is 738. The van der Waals surface area contributed by atoms with Gasteiger partial charge in [0.2, 0.25) is 0 Å². The van der Waals surface area contributed by atoms with Gasteiger partial charge in [0.1, 0.15) is 23.8 Å². The second-order valence-corrected chi connectivity index (χ2v) is 6.32. The molecule has 2 fully saturated rings. The molecule has 0 bridgehead atoms. The zero-order valence-corrected chi connectivity index (χ0v) is 12.2. The highest BCUT2D eigenvalue weighted by molar-refractivity contribution is 7.47. The Morgan fingerprint density at radius 3 is 2.95 bits per heavy atom. The second kappa shape index (κ2) is 5.36. The lowest BCUT2D eigenvalue weighted by molar-refractivity contribution is -0.0698. The van der Waals surface area contributed by atoms with Crippen LogP contribution >= 0.6 is 7.82 Å². The van der Waals surface area contributed by atoms with Crippen LogP contribution in [-0.4, -0.2) is 49.9 Å². The summed E-state index contributed by atoms with van der Waals surface area (Å²) in [6.45, 7) is -0.126. The fourth-order valence-corrected chi connectivity index (χ4v) is 3.58. The van der Waals surface area contributed by atoms with Crippen molar-refractivity contribution in [3.8, 4) is 0 Å². The van der Waals surface area contributed by atoms with Gasteiger partial charge in [-0.25, -0.2) is 9.25 Å². The summed E-state index contributed by atoms with van der Waals surface area (Å²) >= 11 is 0. The molecule has 0 saturated carbocycles. The highest BCUT2D eigenvalue weighted by Crippen LogP contribution is 2.52. The molecule has 0 amide bonds. The van der Waals surface area contributed by atoms with Crippen LogP contribution in [0.5, 0.6) is 0 Å². The van der Waals surface area contributed by atoms with Crippen molar-refractivity contribution >= 4 is 18.9 Å². The van der Waals surface area contributed by atoms with E-state index in [1.54, 1.807) is 12.1 Å². The van der Waals surface area contributed by atoms with Crippen molar-refractivity contribution in [3.63, 3.8) is 0 Å². The first kappa shape index (κ1) is 15.5. The van der Waals surface area contributed by atoms with E-state index in [9.17, 15) is 14.6 Å². The molecular formula is C11H15N4O6P. The number of hydrogen-bond acceptors (Lipinski definition) is 8. The molecule has 0 spiro atoms. The van der Waals surface area contributed by atoms with E-state index in [1.807, 2.05) is 12.1 Å². The fraction of sp³-hybridized carbons (Fsp3) is 0.455. The van der Waals surface area contributed by atoms with E-state index in [2.05, 4.69) is 14.8 Å². The lowest BCUT2D eigenvalue weighted by Gasteiger charge is -2.27. The van der Waals surface area contributed by atoms with Gasteiger partial charge >= 0.3 is 7.82 Å². The molecule has 5 N–H and O–H groups in total. The van der Waals surface area contributed by atoms with Gasteiger partial charge in [-0.05, 0) is 12.1 Å². The summed E-state index contributed by atoms with van der Waals surface area (Å²) < 4.78 is 28.1. The first-order chi connectivity index (χ1) is 10.1. The molecule has 2 aliphatic heterocycles. The van der Waals surface area contributed by atoms with Crippen molar-refractivity contribution < 1.29 is 28.3 Å². The topological polar surface area (TPSA) is 151 Å². The third kappa shape index (κ3) is 2.34. The molecule has 4 unspecified atom stereocenters. The number of ether oxygens (including phenoxy) is 1. The molecule has 0 radical (unpaired) electrons. The quantitative estimate of drug-likeness (QED) is 0.630. The van der Waals surface area contributed by atoms with Gasteiger partial charge in [0, 0.05) is 0 Å². The van der Waals surface area contributed by atoms with Gasteiger partial charge in [-0.15, -0.1) is 5.10 Å². The lowest BCUT2D eigenvalue weighted by atomic mass is 10.1. The predicted octanol–water partition coefficient (Wildman–Crippen LogP) is 0.367. The number of aromatic nitrogens is 3. The molecular weight excluding hydrogens is 315 g/mol. The van der Waals surface area contributed by atoms with Crippen molar-refractivity contribution in [2.75, 3.05) is 6.61 Å². The van der Waals surface area contributed by atoms with Crippen molar-refractivity contribution in [2.24, 2.45) is 0 Å². The average molecular weight is 330 g/mol. The van der Waals surface area contributed by atoms with E-state index in [4.69, 9.17) is 9.26 Å². The standard InChI is InChI=1S/C11H12N3O6P.H3N/c15-9-10-8(5-18-21(16,17)20-10)19-11(9)14-7-4-2-1-3-6(7)12-13-14;/h1-4,8-11,15H,5H2,(H,16,17);1H3/t8?,9?,10-,11?;/m1./s1. The minimum atomic E-state index is -4.13. The molecule has 1 aromatic carbocycles. The Hall–Kier alpha value is -1.39. The number of aliphatic hydroxyl groups is 1. The van der Waals surface area contributed by atoms with Gasteiger partial charge in [-0.1, -0.05) is 17.3 Å². The highest BCUT2D eigenvalue weighted by Gasteiger charge is 2.52. The normalized spacial score (nSPS) is 37.7. The molecule has 3 heterocycles. The minimum Gasteiger partial charge on any atom is -0.385 e. The maximum Gasteiger partial charge on any atom is 0.472 e. The van der Waals surface area contributed by atoms with Crippen LogP contribution in [-0.2, 0) is 18.3 Å². The van der Waals surface area contributed by atoms with Gasteiger partial charge in [0.15, 0.2) is 6.23 Å². The molecule has 22 heavy (non-hydrogen) atoms. The molecule has 10 nitrogen and oxygen atoms in total. The Balaban J connectivity index is 0.00000144. The SMILES string of the molecule is N.O=P1(O)OCC2OC(n3nnc4ccccc43)C(O)[C@@H]2O1. The number of hydrogen-bond donors (Lipinski definition) is 3. The molecule has 4 rings (SSSR count). The summed E-state index contributed by atoms with van der Waals surface area (Å²) in [4.78, 5) is 9.34. The van der Waals surface area contributed by atoms with Crippen LogP contribution in [0.3, 0.4) is 0 Å². The Morgan fingerprint density at radius 1 is 1.36 bits per heavy atom. The first-order valence-electron chi connectivity index (χ1n) is 6.34. The summed E-state index contributed by atoms with van der Waals surface area (Å²) in [6, 6.07) is 7.22. The third-order valence-electron chi connectivity index (χ3n) is 3.58. The summed E-state index contributed by atoms with van der Waals surface area (Å²) in [5.41, 5.74) is 1.35. The van der Waals surface area contributed by atoms with E-state index >= 15 is 0 Å². The van der Waals surface area contributed by atoms with E-state index in [0.29, 0.717) is 11.0 Å². The van der Waals surface area contributed by atoms with Crippen molar-refractivity contribution in [3.05, 3.63) is 24.3 Å². The van der Waals surface area contributed by atoms with E-state index in [1.165, 1.54) is 4.68 Å². The van der Waals surface area contributed by atoms with Gasteiger partial charge in [0.25, 0.3) is 0 Å². The number of phosphoric ester groups is 1. The number of phosphoric acid groups is 1. The third-order valence-corrected chi connectivity index (χ3v) is 4.57. The van der Waals surface area contributed by atoms with Crippen LogP contribution in [0.4, 0.5) is 0 Å². The number of nitrogens with zero attached hydrogens (tertiary/aromatic N) is 3. The van der Waals surface area contributed by atoms with Gasteiger partial charge < -0.3 is 20.9 Å². The predicted molar refractivity (Wildman–Crippen MR) is 73.1 cm³/mol. The van der Waals surface area contributed by atoms with Gasteiger partial charge in [0.05, 0.1) is 12.1 Å². The van der Waals surface area contributed by atoms with Gasteiger partial charge in [-0.2, -0.15) is 0 Å². The second-order valence-electron chi connectivity index (χ2n) is 4.91. The molecule has 2 aromatic rings. The van der Waals surface area contributed by atoms with Gasteiger partial charge in [-0.3, -0.25) is 9.05 Å². The minimum absolute atomic E-state index is 0. The largest absolute Gasteiger partial charge is 0.472 e. The number of aliphatic hydroxyl groups excluding tert-OH is 1. The maximum atomic E-state index is 11.4. The molecule has 2 saturated heterocycles. The van der Waals surface area contributed by atoms with Crippen LogP contribution in [0, 0.1) is 0 Å². The Morgan fingerprint density at radius 2 is 2.14 bits per heavy atom. The first-order valence-corrected chi connectivity index (χ1v) is 7.84. The number of para-hydroxylation sites is 1. The summed E-state index contributed by atoms with van der Waals surface area (Å²) in [5, 5.41) is 18.3. The zero-order valence-electron chi connectivity index (χ0n) is 11.3. The fourth-order valence-electron chi connectivity index (χ4n) is 2.61. The Kier molecular flexibility index (Phi) is 3.77. The number of rotatable bonds is 1. The Labute approximate surface area is 124 Å². The van der Waals surface area contributed by atoms with Crippen molar-refractivity contribution in [1.29, 1.82) is 0 Å². The smallest absolute Gasteiger partial charge is 0.385 e. The van der Waals surface area contributed by atoms with E-state index in [-0.39, 0.29) is 12.8 Å². The summed E-state index contributed by atoms with van der Waals surface area (Å²) in [5.74, 6) is 0. The van der Waals surface area contributed by atoms with Crippen molar-refractivity contribution in [2.45, 2.75) is 24.5 Å². The monoisotopic (exact) mass is 330 g/mol. The van der Waals surface area contributed by atoms with E-state index in [0.717, 1.165) is 0 Å². The number of benzene rings is 1. The molecule has 0 aliphatic carbocycles. The average Bonchev–Trinajstić information content (AvgIpc) is 3.00. The molecule has 2 aliphatic rings. The summed E-state index contributed by atoms with van der Waals surface area (Å²) in [6.07, 6.45) is -3.58. The van der Waals surface area contributed by atoms with Crippen LogP contribution < -0.4 is 6.15 Å². The van der Waals surface area contributed by atoms with Crippen molar-refractivity contribution in [1.82, 2.24) is 21.1 Å². The molecule has 1 aromatic heterocycles. The molecule has 5 atom stereocenters. The van der Waals surface area contributed by atoms with E-state index < -0.39 is 32.4 Å². The molecule has 11 heteroatoms. The number of fused-ring (bicyclic) bond motifs is 2. The maximum absolute atomic E-state index is 11.4.